The van der Waals surface area contributed by atoms with Gasteiger partial charge in [0.1, 0.15) is 0 Å². The highest BCUT2D eigenvalue weighted by molar-refractivity contribution is 5.74. The molecule has 2 amide bonds. The van der Waals surface area contributed by atoms with Crippen LogP contribution in [0.25, 0.3) is 0 Å². The second kappa shape index (κ2) is 7.38. The van der Waals surface area contributed by atoms with Gasteiger partial charge in [-0.25, -0.2) is 4.79 Å². The molecule has 2 aromatic rings. The standard InChI is InChI=1S/C16H20N4O/c1-3-15(14-6-8-17-9-7-14)20-16(21)19-11-13-5-4-12(2)18-10-13/h4-10,15H,3,11H2,1-2H3,(H2,19,20,21)/t15-/m1/s1. The van der Waals surface area contributed by atoms with Crippen LogP contribution in [0.15, 0.2) is 42.9 Å². The zero-order chi connectivity index (χ0) is 15.1. The van der Waals surface area contributed by atoms with E-state index in [1.54, 1.807) is 18.6 Å². The van der Waals surface area contributed by atoms with E-state index in [4.69, 9.17) is 0 Å². The summed E-state index contributed by atoms with van der Waals surface area (Å²) in [7, 11) is 0. The highest BCUT2D eigenvalue weighted by Crippen LogP contribution is 2.14. The predicted molar refractivity (Wildman–Crippen MR) is 81.6 cm³/mol. The van der Waals surface area contributed by atoms with Crippen LogP contribution in [0.3, 0.4) is 0 Å². The summed E-state index contributed by atoms with van der Waals surface area (Å²) in [6.45, 7) is 4.44. The summed E-state index contributed by atoms with van der Waals surface area (Å²) in [5, 5.41) is 5.81. The number of carbonyl (C=O) groups is 1. The molecule has 2 aromatic heterocycles. The molecule has 0 unspecified atom stereocenters. The van der Waals surface area contributed by atoms with Gasteiger partial charge in [-0.1, -0.05) is 13.0 Å². The molecule has 5 heteroatoms. The number of amides is 2. The van der Waals surface area contributed by atoms with Crippen molar-refractivity contribution in [3.05, 3.63) is 59.7 Å². The average Bonchev–Trinajstić information content (AvgIpc) is 2.53. The molecule has 2 heterocycles. The molecule has 0 saturated heterocycles. The number of urea groups is 1. The first kappa shape index (κ1) is 15.0. The van der Waals surface area contributed by atoms with Crippen molar-refractivity contribution < 1.29 is 4.79 Å². The molecule has 2 rings (SSSR count). The van der Waals surface area contributed by atoms with Gasteiger partial charge in [-0.15, -0.1) is 0 Å². The number of nitrogens with zero attached hydrogens (tertiary/aromatic N) is 2. The normalized spacial score (nSPS) is 11.7. The highest BCUT2D eigenvalue weighted by Gasteiger charge is 2.11. The summed E-state index contributed by atoms with van der Waals surface area (Å²) in [5.41, 5.74) is 3.00. The van der Waals surface area contributed by atoms with Gasteiger partial charge in [-0.05, 0) is 42.7 Å². The smallest absolute Gasteiger partial charge is 0.315 e. The molecule has 110 valence electrons. The second-order valence-electron chi connectivity index (χ2n) is 4.88. The minimum atomic E-state index is -0.181. The van der Waals surface area contributed by atoms with Gasteiger partial charge in [0, 0.05) is 30.8 Å². The summed E-state index contributed by atoms with van der Waals surface area (Å²) < 4.78 is 0. The van der Waals surface area contributed by atoms with Crippen LogP contribution in [0.4, 0.5) is 4.79 Å². The van der Waals surface area contributed by atoms with E-state index in [-0.39, 0.29) is 12.1 Å². The van der Waals surface area contributed by atoms with Gasteiger partial charge in [0.15, 0.2) is 0 Å². The maximum Gasteiger partial charge on any atom is 0.315 e. The Hall–Kier alpha value is -2.43. The van der Waals surface area contributed by atoms with Gasteiger partial charge in [0.2, 0.25) is 0 Å². The molecule has 0 fully saturated rings. The van der Waals surface area contributed by atoms with Crippen molar-refractivity contribution in [3.63, 3.8) is 0 Å². The third-order valence-corrected chi connectivity index (χ3v) is 3.25. The average molecular weight is 284 g/mol. The van der Waals surface area contributed by atoms with E-state index in [0.717, 1.165) is 23.2 Å². The number of hydrogen-bond donors (Lipinski definition) is 2. The topological polar surface area (TPSA) is 66.9 Å². The number of nitrogens with one attached hydrogen (secondary N) is 2. The summed E-state index contributed by atoms with van der Waals surface area (Å²) in [6.07, 6.45) is 6.06. The number of aryl methyl sites for hydroxylation is 1. The SMILES string of the molecule is CC[C@@H](NC(=O)NCc1ccc(C)nc1)c1ccncc1. The van der Waals surface area contributed by atoms with Crippen molar-refractivity contribution in [2.75, 3.05) is 0 Å². The zero-order valence-corrected chi connectivity index (χ0v) is 12.3. The number of hydrogen-bond acceptors (Lipinski definition) is 3. The Morgan fingerprint density at radius 3 is 2.62 bits per heavy atom. The molecule has 0 saturated carbocycles. The molecule has 0 spiro atoms. The van der Waals surface area contributed by atoms with Gasteiger partial charge in [-0.2, -0.15) is 0 Å². The van der Waals surface area contributed by atoms with E-state index < -0.39 is 0 Å². The maximum atomic E-state index is 12.0. The second-order valence-corrected chi connectivity index (χ2v) is 4.88. The van der Waals surface area contributed by atoms with E-state index in [0.29, 0.717) is 6.54 Å². The van der Waals surface area contributed by atoms with Crippen molar-refractivity contribution in [2.45, 2.75) is 32.9 Å². The van der Waals surface area contributed by atoms with E-state index in [1.165, 1.54) is 0 Å². The lowest BCUT2D eigenvalue weighted by molar-refractivity contribution is 0.236. The van der Waals surface area contributed by atoms with Crippen LogP contribution >= 0.6 is 0 Å². The lowest BCUT2D eigenvalue weighted by atomic mass is 10.1. The third kappa shape index (κ3) is 4.56. The van der Waals surface area contributed by atoms with E-state index in [2.05, 4.69) is 20.6 Å². The molecule has 5 nitrogen and oxygen atoms in total. The molecule has 0 bridgehead atoms. The van der Waals surface area contributed by atoms with Crippen LogP contribution in [0.1, 0.15) is 36.2 Å². The lowest BCUT2D eigenvalue weighted by Crippen LogP contribution is -2.37. The summed E-state index contributed by atoms with van der Waals surface area (Å²) in [4.78, 5) is 20.2. The van der Waals surface area contributed by atoms with Crippen LogP contribution in [0, 0.1) is 6.92 Å². The molecule has 0 aromatic carbocycles. The van der Waals surface area contributed by atoms with Crippen LogP contribution < -0.4 is 10.6 Å². The first-order valence-electron chi connectivity index (χ1n) is 7.05. The third-order valence-electron chi connectivity index (χ3n) is 3.25. The molecule has 2 N–H and O–H groups in total. The fourth-order valence-electron chi connectivity index (χ4n) is 2.01. The minimum absolute atomic E-state index is 0.0101. The number of carbonyl (C=O) groups excluding carboxylic acids is 1. The minimum Gasteiger partial charge on any atom is -0.334 e. The number of aromatic nitrogens is 2. The van der Waals surface area contributed by atoms with Crippen molar-refractivity contribution in [2.24, 2.45) is 0 Å². The Morgan fingerprint density at radius 1 is 1.24 bits per heavy atom. The van der Waals surface area contributed by atoms with Gasteiger partial charge < -0.3 is 10.6 Å². The molecule has 0 aliphatic heterocycles. The molecular weight excluding hydrogens is 264 g/mol. The maximum absolute atomic E-state index is 12.0. The highest BCUT2D eigenvalue weighted by atomic mass is 16.2. The molecule has 0 aliphatic carbocycles. The first-order valence-corrected chi connectivity index (χ1v) is 7.05. The van der Waals surface area contributed by atoms with Crippen LogP contribution in [-0.4, -0.2) is 16.0 Å². The zero-order valence-electron chi connectivity index (χ0n) is 12.3. The van der Waals surface area contributed by atoms with Crippen molar-refractivity contribution in [3.8, 4) is 0 Å². The molecular formula is C16H20N4O. The summed E-state index contributed by atoms with van der Waals surface area (Å²) >= 11 is 0. The molecule has 0 aliphatic rings. The Morgan fingerprint density at radius 2 is 2.00 bits per heavy atom. The van der Waals surface area contributed by atoms with Crippen LogP contribution in [-0.2, 0) is 6.54 Å². The van der Waals surface area contributed by atoms with Crippen LogP contribution in [0.2, 0.25) is 0 Å². The van der Waals surface area contributed by atoms with Gasteiger partial charge in [0.05, 0.1) is 6.04 Å². The van der Waals surface area contributed by atoms with Crippen molar-refractivity contribution >= 4 is 6.03 Å². The van der Waals surface area contributed by atoms with Gasteiger partial charge in [-0.3, -0.25) is 9.97 Å². The monoisotopic (exact) mass is 284 g/mol. The first-order chi connectivity index (χ1) is 10.2. The fraction of sp³-hybridized carbons (Fsp3) is 0.312. The van der Waals surface area contributed by atoms with Gasteiger partial charge >= 0.3 is 6.03 Å². The largest absolute Gasteiger partial charge is 0.334 e. The van der Waals surface area contributed by atoms with Crippen LogP contribution in [0.5, 0.6) is 0 Å². The molecule has 0 radical (unpaired) electrons. The Bertz CT molecular complexity index is 569. The number of pyridine rings is 2. The van der Waals surface area contributed by atoms with E-state index in [1.807, 2.05) is 38.1 Å². The molecule has 21 heavy (non-hydrogen) atoms. The van der Waals surface area contributed by atoms with Crippen molar-refractivity contribution in [1.82, 2.24) is 20.6 Å². The lowest BCUT2D eigenvalue weighted by Gasteiger charge is -2.17. The quantitative estimate of drug-likeness (QED) is 0.887. The van der Waals surface area contributed by atoms with E-state index in [9.17, 15) is 4.79 Å². The summed E-state index contributed by atoms with van der Waals surface area (Å²) in [5.74, 6) is 0. The van der Waals surface area contributed by atoms with Gasteiger partial charge in [0.25, 0.3) is 0 Å². The Kier molecular flexibility index (Phi) is 5.26. The Balaban J connectivity index is 1.87. The predicted octanol–water partition coefficient (Wildman–Crippen LogP) is 2.74. The molecule has 1 atom stereocenters. The van der Waals surface area contributed by atoms with Crippen molar-refractivity contribution in [1.29, 1.82) is 0 Å². The summed E-state index contributed by atoms with van der Waals surface area (Å²) in [6, 6.07) is 7.53. The number of rotatable bonds is 5. The fourth-order valence-corrected chi connectivity index (χ4v) is 2.01. The Labute approximate surface area is 124 Å². The van der Waals surface area contributed by atoms with E-state index >= 15 is 0 Å².